The predicted molar refractivity (Wildman–Crippen MR) is 115 cm³/mol. The average Bonchev–Trinajstić information content (AvgIpc) is 2.66. The number of carboxylic acids is 1. The van der Waals surface area contributed by atoms with E-state index in [1.54, 1.807) is 18.2 Å². The zero-order valence-corrected chi connectivity index (χ0v) is 17.5. The Morgan fingerprint density at radius 1 is 1.14 bits per heavy atom. The number of aromatic carboxylic acids is 1. The first kappa shape index (κ1) is 20.2. The first-order chi connectivity index (χ1) is 13.4. The summed E-state index contributed by atoms with van der Waals surface area (Å²) >= 11 is 9.54. The number of ether oxygens (including phenoxy) is 1. The Hall–Kier alpha value is -2.50. The van der Waals surface area contributed by atoms with Gasteiger partial charge in [-0.05, 0) is 66.6 Å². The Balaban J connectivity index is 1.73. The molecule has 0 saturated carbocycles. The SMILES string of the molecule is Cc1cc(C(=O)O)ccc1NCc1cc(Br)ccc1OCc1cccc(Cl)c1. The molecule has 0 atom stereocenters. The van der Waals surface area contributed by atoms with Crippen molar-refractivity contribution in [2.45, 2.75) is 20.1 Å². The highest BCUT2D eigenvalue weighted by Gasteiger charge is 2.09. The van der Waals surface area contributed by atoms with Gasteiger partial charge in [0, 0.05) is 27.3 Å². The summed E-state index contributed by atoms with van der Waals surface area (Å²) in [7, 11) is 0. The smallest absolute Gasteiger partial charge is 0.335 e. The van der Waals surface area contributed by atoms with Crippen LogP contribution in [0.2, 0.25) is 5.02 Å². The molecule has 0 aromatic heterocycles. The summed E-state index contributed by atoms with van der Waals surface area (Å²) in [6.07, 6.45) is 0. The molecule has 3 aromatic carbocycles. The topological polar surface area (TPSA) is 58.6 Å². The number of carbonyl (C=O) groups is 1. The molecule has 6 heteroatoms. The Kier molecular flexibility index (Phi) is 6.60. The lowest BCUT2D eigenvalue weighted by Crippen LogP contribution is -2.06. The number of aryl methyl sites for hydroxylation is 1. The molecule has 0 spiro atoms. The van der Waals surface area contributed by atoms with E-state index in [-0.39, 0.29) is 5.56 Å². The van der Waals surface area contributed by atoms with E-state index in [9.17, 15) is 4.79 Å². The summed E-state index contributed by atoms with van der Waals surface area (Å²) in [6, 6.07) is 18.5. The van der Waals surface area contributed by atoms with Crippen LogP contribution < -0.4 is 10.1 Å². The lowest BCUT2D eigenvalue weighted by molar-refractivity contribution is 0.0697. The minimum atomic E-state index is -0.932. The fraction of sp³-hybridized carbons (Fsp3) is 0.136. The van der Waals surface area contributed by atoms with Gasteiger partial charge in [0.2, 0.25) is 0 Å². The van der Waals surface area contributed by atoms with Crippen LogP contribution in [0.3, 0.4) is 0 Å². The van der Waals surface area contributed by atoms with Gasteiger partial charge in [0.25, 0.3) is 0 Å². The predicted octanol–water partition coefficient (Wildman–Crippen LogP) is 6.30. The highest BCUT2D eigenvalue weighted by atomic mass is 79.9. The van der Waals surface area contributed by atoms with Crippen molar-refractivity contribution in [1.82, 2.24) is 0 Å². The second kappa shape index (κ2) is 9.13. The molecule has 3 rings (SSSR count). The third-order valence-electron chi connectivity index (χ3n) is 4.25. The number of nitrogens with one attached hydrogen (secondary N) is 1. The molecule has 0 unspecified atom stereocenters. The van der Waals surface area contributed by atoms with Gasteiger partial charge >= 0.3 is 5.97 Å². The Morgan fingerprint density at radius 2 is 1.96 bits per heavy atom. The van der Waals surface area contributed by atoms with E-state index < -0.39 is 5.97 Å². The van der Waals surface area contributed by atoms with Crippen molar-refractivity contribution in [2.24, 2.45) is 0 Å². The van der Waals surface area contributed by atoms with Gasteiger partial charge in [-0.25, -0.2) is 4.79 Å². The molecule has 0 saturated heterocycles. The van der Waals surface area contributed by atoms with E-state index in [1.165, 1.54) is 0 Å². The van der Waals surface area contributed by atoms with Gasteiger partial charge in [-0.1, -0.05) is 39.7 Å². The van der Waals surface area contributed by atoms with E-state index in [1.807, 2.05) is 49.4 Å². The summed E-state index contributed by atoms with van der Waals surface area (Å²) in [5.41, 5.74) is 4.01. The Bertz CT molecular complexity index is 1010. The molecule has 0 bridgehead atoms. The number of halogens is 2. The van der Waals surface area contributed by atoms with Gasteiger partial charge in [-0.3, -0.25) is 0 Å². The minimum Gasteiger partial charge on any atom is -0.489 e. The molecule has 0 heterocycles. The van der Waals surface area contributed by atoms with Crippen LogP contribution in [0.5, 0.6) is 5.75 Å². The van der Waals surface area contributed by atoms with Gasteiger partial charge in [-0.15, -0.1) is 0 Å². The highest BCUT2D eigenvalue weighted by molar-refractivity contribution is 9.10. The fourth-order valence-electron chi connectivity index (χ4n) is 2.80. The molecule has 2 N–H and O–H groups in total. The van der Waals surface area contributed by atoms with Gasteiger partial charge in [-0.2, -0.15) is 0 Å². The maximum atomic E-state index is 11.1. The number of hydrogen-bond donors (Lipinski definition) is 2. The van der Waals surface area contributed by atoms with Gasteiger partial charge in [0.05, 0.1) is 5.56 Å². The van der Waals surface area contributed by atoms with Crippen LogP contribution in [0.4, 0.5) is 5.69 Å². The summed E-state index contributed by atoms with van der Waals surface area (Å²) < 4.78 is 6.96. The number of anilines is 1. The number of rotatable bonds is 7. The van der Waals surface area contributed by atoms with Crippen molar-refractivity contribution >= 4 is 39.2 Å². The maximum Gasteiger partial charge on any atom is 0.335 e. The molecule has 0 aliphatic rings. The summed E-state index contributed by atoms with van der Waals surface area (Å²) in [5, 5.41) is 13.1. The lowest BCUT2D eigenvalue weighted by Gasteiger charge is -2.15. The molecule has 4 nitrogen and oxygen atoms in total. The molecule has 0 fully saturated rings. The molecular weight excluding hydrogens is 442 g/mol. The van der Waals surface area contributed by atoms with Crippen LogP contribution in [-0.4, -0.2) is 11.1 Å². The van der Waals surface area contributed by atoms with Crippen LogP contribution in [0.25, 0.3) is 0 Å². The molecule has 0 aliphatic heterocycles. The molecule has 0 amide bonds. The Morgan fingerprint density at radius 3 is 2.68 bits per heavy atom. The third kappa shape index (κ3) is 5.27. The van der Waals surface area contributed by atoms with Gasteiger partial charge < -0.3 is 15.2 Å². The molecule has 3 aromatic rings. The molecular formula is C22H19BrClNO3. The van der Waals surface area contributed by atoms with Gasteiger partial charge in [0.15, 0.2) is 0 Å². The molecule has 0 aliphatic carbocycles. The third-order valence-corrected chi connectivity index (χ3v) is 4.98. The van der Waals surface area contributed by atoms with E-state index in [0.29, 0.717) is 18.2 Å². The summed E-state index contributed by atoms with van der Waals surface area (Å²) in [6.45, 7) is 2.84. The molecule has 144 valence electrons. The van der Waals surface area contributed by atoms with Crippen LogP contribution >= 0.6 is 27.5 Å². The van der Waals surface area contributed by atoms with Gasteiger partial charge in [0.1, 0.15) is 12.4 Å². The van der Waals surface area contributed by atoms with E-state index >= 15 is 0 Å². The van der Waals surface area contributed by atoms with Crippen LogP contribution in [0, 0.1) is 6.92 Å². The number of benzene rings is 3. The molecule has 0 radical (unpaired) electrons. The van der Waals surface area contributed by atoms with Crippen LogP contribution in [-0.2, 0) is 13.2 Å². The quantitative estimate of drug-likeness (QED) is 0.434. The Labute approximate surface area is 177 Å². The summed E-state index contributed by atoms with van der Waals surface area (Å²) in [4.78, 5) is 11.1. The van der Waals surface area contributed by atoms with Crippen molar-refractivity contribution in [2.75, 3.05) is 5.32 Å². The fourth-order valence-corrected chi connectivity index (χ4v) is 3.42. The normalized spacial score (nSPS) is 10.5. The second-order valence-electron chi connectivity index (χ2n) is 6.36. The average molecular weight is 461 g/mol. The molecule has 28 heavy (non-hydrogen) atoms. The standard InChI is InChI=1S/C22H19BrClNO3/c1-14-9-16(22(26)27)5-7-20(14)25-12-17-11-18(23)6-8-21(17)28-13-15-3-2-4-19(24)10-15/h2-11,25H,12-13H2,1H3,(H,26,27). The first-order valence-electron chi connectivity index (χ1n) is 8.66. The maximum absolute atomic E-state index is 11.1. The van der Waals surface area contributed by atoms with Crippen LogP contribution in [0.15, 0.2) is 65.1 Å². The van der Waals surface area contributed by atoms with Crippen LogP contribution in [0.1, 0.15) is 27.0 Å². The highest BCUT2D eigenvalue weighted by Crippen LogP contribution is 2.26. The zero-order valence-electron chi connectivity index (χ0n) is 15.2. The van der Waals surface area contributed by atoms with Crippen molar-refractivity contribution in [3.05, 3.63) is 92.4 Å². The lowest BCUT2D eigenvalue weighted by atomic mass is 10.1. The second-order valence-corrected chi connectivity index (χ2v) is 7.71. The van der Waals surface area contributed by atoms with Crippen molar-refractivity contribution in [1.29, 1.82) is 0 Å². The monoisotopic (exact) mass is 459 g/mol. The van der Waals surface area contributed by atoms with E-state index in [2.05, 4.69) is 21.2 Å². The van der Waals surface area contributed by atoms with E-state index in [4.69, 9.17) is 21.4 Å². The number of hydrogen-bond acceptors (Lipinski definition) is 3. The largest absolute Gasteiger partial charge is 0.489 e. The van der Waals surface area contributed by atoms with Crippen molar-refractivity contribution < 1.29 is 14.6 Å². The zero-order chi connectivity index (χ0) is 20.1. The number of carboxylic acid groups (broad SMARTS) is 1. The first-order valence-corrected chi connectivity index (χ1v) is 9.83. The summed E-state index contributed by atoms with van der Waals surface area (Å²) in [5.74, 6) is -0.158. The van der Waals surface area contributed by atoms with Crippen molar-refractivity contribution in [3.8, 4) is 5.75 Å². The van der Waals surface area contributed by atoms with E-state index in [0.717, 1.165) is 32.6 Å². The van der Waals surface area contributed by atoms with Crippen molar-refractivity contribution in [3.63, 3.8) is 0 Å². The minimum absolute atomic E-state index is 0.274.